The molecule has 0 spiro atoms. The Balaban J connectivity index is 2.09. The van der Waals surface area contributed by atoms with E-state index in [1.165, 1.54) is 12.1 Å². The molecular formula is C11H15ClN2. The van der Waals surface area contributed by atoms with Gasteiger partial charge in [0.15, 0.2) is 0 Å². The minimum atomic E-state index is 0.647. The third-order valence-corrected chi connectivity index (χ3v) is 3.03. The van der Waals surface area contributed by atoms with Gasteiger partial charge in [0.1, 0.15) is 0 Å². The van der Waals surface area contributed by atoms with Gasteiger partial charge in [-0.05, 0) is 37.1 Å². The molecule has 0 radical (unpaired) electrons. The van der Waals surface area contributed by atoms with E-state index < -0.39 is 0 Å². The average Bonchev–Trinajstić information content (AvgIpc) is 2.66. The molecule has 2 nitrogen and oxygen atoms in total. The average molecular weight is 211 g/mol. The predicted octanol–water partition coefficient (Wildman–Crippen LogP) is 2.12. The first-order valence-corrected chi connectivity index (χ1v) is 5.38. The lowest BCUT2D eigenvalue weighted by Gasteiger charge is -2.18. The topological polar surface area (TPSA) is 29.3 Å². The van der Waals surface area contributed by atoms with E-state index in [0.29, 0.717) is 5.92 Å². The van der Waals surface area contributed by atoms with Gasteiger partial charge >= 0.3 is 0 Å². The van der Waals surface area contributed by atoms with Crippen molar-refractivity contribution in [3.63, 3.8) is 0 Å². The summed E-state index contributed by atoms with van der Waals surface area (Å²) in [6, 6.07) is 8.01. The number of hydrogen-bond donors (Lipinski definition) is 1. The molecule has 1 fully saturated rings. The van der Waals surface area contributed by atoms with Gasteiger partial charge in [-0.15, -0.1) is 0 Å². The van der Waals surface area contributed by atoms with E-state index >= 15 is 0 Å². The number of anilines is 1. The Morgan fingerprint density at radius 3 is 3.00 bits per heavy atom. The van der Waals surface area contributed by atoms with Gasteiger partial charge in [-0.3, -0.25) is 0 Å². The maximum atomic E-state index is 5.94. The standard InChI is InChI=1S/C11H15ClN2/c12-10-2-1-3-11(6-10)14-5-4-9(7-13)8-14/h1-3,6,9H,4-5,7-8,13H2. The summed E-state index contributed by atoms with van der Waals surface area (Å²) in [6.07, 6.45) is 1.20. The van der Waals surface area contributed by atoms with Crippen LogP contribution in [0.5, 0.6) is 0 Å². The van der Waals surface area contributed by atoms with Crippen molar-refractivity contribution in [3.05, 3.63) is 29.3 Å². The quantitative estimate of drug-likeness (QED) is 0.811. The first-order chi connectivity index (χ1) is 6.79. The highest BCUT2D eigenvalue weighted by Crippen LogP contribution is 2.25. The van der Waals surface area contributed by atoms with Crippen LogP contribution in [0.2, 0.25) is 5.02 Å². The molecule has 0 aliphatic carbocycles. The second-order valence-corrected chi connectivity index (χ2v) is 4.25. The minimum Gasteiger partial charge on any atom is -0.371 e. The van der Waals surface area contributed by atoms with E-state index in [4.69, 9.17) is 17.3 Å². The summed E-state index contributed by atoms with van der Waals surface area (Å²) in [4.78, 5) is 2.35. The largest absolute Gasteiger partial charge is 0.371 e. The fourth-order valence-electron chi connectivity index (χ4n) is 1.93. The second-order valence-electron chi connectivity index (χ2n) is 3.82. The van der Waals surface area contributed by atoms with Gasteiger partial charge < -0.3 is 10.6 Å². The molecule has 0 saturated carbocycles. The predicted molar refractivity (Wildman–Crippen MR) is 60.8 cm³/mol. The lowest BCUT2D eigenvalue weighted by Crippen LogP contribution is -2.22. The van der Waals surface area contributed by atoms with E-state index in [2.05, 4.69) is 11.0 Å². The second kappa shape index (κ2) is 4.20. The SMILES string of the molecule is NCC1CCN(c2cccc(Cl)c2)C1. The van der Waals surface area contributed by atoms with Crippen molar-refractivity contribution in [1.29, 1.82) is 0 Å². The van der Waals surface area contributed by atoms with E-state index in [0.717, 1.165) is 24.7 Å². The molecule has 1 aliphatic rings. The van der Waals surface area contributed by atoms with Crippen molar-refractivity contribution in [1.82, 2.24) is 0 Å². The molecule has 14 heavy (non-hydrogen) atoms. The maximum Gasteiger partial charge on any atom is 0.0426 e. The van der Waals surface area contributed by atoms with Crippen LogP contribution in [0.3, 0.4) is 0 Å². The van der Waals surface area contributed by atoms with E-state index in [-0.39, 0.29) is 0 Å². The van der Waals surface area contributed by atoms with Crippen molar-refractivity contribution in [3.8, 4) is 0 Å². The first kappa shape index (κ1) is 9.81. The minimum absolute atomic E-state index is 0.647. The van der Waals surface area contributed by atoms with E-state index in [9.17, 15) is 0 Å². The van der Waals surface area contributed by atoms with Crippen molar-refractivity contribution in [2.75, 3.05) is 24.5 Å². The molecular weight excluding hydrogens is 196 g/mol. The summed E-state index contributed by atoms with van der Waals surface area (Å²) < 4.78 is 0. The first-order valence-electron chi connectivity index (χ1n) is 5.00. The Hall–Kier alpha value is -0.730. The molecule has 0 amide bonds. The lowest BCUT2D eigenvalue weighted by atomic mass is 10.1. The van der Waals surface area contributed by atoms with Crippen molar-refractivity contribution in [2.24, 2.45) is 11.7 Å². The van der Waals surface area contributed by atoms with Crippen molar-refractivity contribution >= 4 is 17.3 Å². The van der Waals surface area contributed by atoms with Gasteiger partial charge in [-0.25, -0.2) is 0 Å². The highest BCUT2D eigenvalue weighted by molar-refractivity contribution is 6.30. The normalized spacial score (nSPS) is 21.6. The summed E-state index contributed by atoms with van der Waals surface area (Å²) in [5.74, 6) is 0.647. The summed E-state index contributed by atoms with van der Waals surface area (Å²) in [5, 5.41) is 0.804. The Morgan fingerprint density at radius 2 is 2.36 bits per heavy atom. The van der Waals surface area contributed by atoms with Crippen LogP contribution in [0.15, 0.2) is 24.3 Å². The Morgan fingerprint density at radius 1 is 1.50 bits per heavy atom. The molecule has 1 heterocycles. The zero-order valence-electron chi connectivity index (χ0n) is 8.12. The highest BCUT2D eigenvalue weighted by Gasteiger charge is 2.21. The van der Waals surface area contributed by atoms with Crippen LogP contribution in [0, 0.1) is 5.92 Å². The van der Waals surface area contributed by atoms with Crippen LogP contribution < -0.4 is 10.6 Å². The van der Waals surface area contributed by atoms with Crippen molar-refractivity contribution in [2.45, 2.75) is 6.42 Å². The monoisotopic (exact) mass is 210 g/mol. The molecule has 0 aromatic heterocycles. The Bertz CT molecular complexity index is 314. The fourth-order valence-corrected chi connectivity index (χ4v) is 2.12. The molecule has 76 valence electrons. The smallest absolute Gasteiger partial charge is 0.0426 e. The summed E-state index contributed by atoms with van der Waals surface area (Å²) in [7, 11) is 0. The zero-order chi connectivity index (χ0) is 9.97. The van der Waals surface area contributed by atoms with Crippen LogP contribution in [-0.4, -0.2) is 19.6 Å². The number of hydrogen-bond acceptors (Lipinski definition) is 2. The molecule has 1 aromatic rings. The van der Waals surface area contributed by atoms with Crippen LogP contribution in [0.1, 0.15) is 6.42 Å². The van der Waals surface area contributed by atoms with Gasteiger partial charge in [0.2, 0.25) is 0 Å². The molecule has 0 bridgehead atoms. The Labute approximate surface area is 89.7 Å². The maximum absolute atomic E-state index is 5.94. The molecule has 2 rings (SSSR count). The number of nitrogens with two attached hydrogens (primary N) is 1. The summed E-state index contributed by atoms with van der Waals surface area (Å²) >= 11 is 5.94. The van der Waals surface area contributed by atoms with Crippen LogP contribution in [-0.2, 0) is 0 Å². The summed E-state index contributed by atoms with van der Waals surface area (Å²) in [6.45, 7) is 2.95. The summed E-state index contributed by atoms with van der Waals surface area (Å²) in [5.41, 5.74) is 6.87. The van der Waals surface area contributed by atoms with Crippen LogP contribution in [0.25, 0.3) is 0 Å². The lowest BCUT2D eigenvalue weighted by molar-refractivity contribution is 0.602. The molecule has 1 aliphatic heterocycles. The number of nitrogens with zero attached hydrogens (tertiary/aromatic N) is 1. The zero-order valence-corrected chi connectivity index (χ0v) is 8.87. The highest BCUT2D eigenvalue weighted by atomic mass is 35.5. The Kier molecular flexibility index (Phi) is 2.94. The van der Waals surface area contributed by atoms with Gasteiger partial charge in [-0.1, -0.05) is 17.7 Å². The fraction of sp³-hybridized carbons (Fsp3) is 0.455. The van der Waals surface area contributed by atoms with Crippen LogP contribution in [0.4, 0.5) is 5.69 Å². The number of benzene rings is 1. The third-order valence-electron chi connectivity index (χ3n) is 2.79. The third kappa shape index (κ3) is 2.02. The molecule has 2 N–H and O–H groups in total. The molecule has 3 heteroatoms. The number of rotatable bonds is 2. The molecule has 1 aromatic carbocycles. The van der Waals surface area contributed by atoms with Gasteiger partial charge in [0.05, 0.1) is 0 Å². The molecule has 1 unspecified atom stereocenters. The van der Waals surface area contributed by atoms with Crippen LogP contribution >= 0.6 is 11.6 Å². The van der Waals surface area contributed by atoms with E-state index in [1.54, 1.807) is 0 Å². The van der Waals surface area contributed by atoms with E-state index in [1.807, 2.05) is 18.2 Å². The van der Waals surface area contributed by atoms with Gasteiger partial charge in [0, 0.05) is 23.8 Å². The van der Waals surface area contributed by atoms with Crippen molar-refractivity contribution < 1.29 is 0 Å². The molecule has 1 atom stereocenters. The molecule has 1 saturated heterocycles. The van der Waals surface area contributed by atoms with Gasteiger partial charge in [-0.2, -0.15) is 0 Å². The van der Waals surface area contributed by atoms with Gasteiger partial charge in [0.25, 0.3) is 0 Å². The number of halogens is 1.